The molecule has 1 aliphatic heterocycles. The zero-order chi connectivity index (χ0) is 9.90. The fourth-order valence-corrected chi connectivity index (χ4v) is 2.16. The molecule has 13 heavy (non-hydrogen) atoms. The van der Waals surface area contributed by atoms with Gasteiger partial charge < -0.3 is 15.4 Å². The van der Waals surface area contributed by atoms with Crippen LogP contribution in [0.4, 0.5) is 0 Å². The van der Waals surface area contributed by atoms with Crippen LogP contribution in [0.25, 0.3) is 0 Å². The molecule has 1 saturated heterocycles. The van der Waals surface area contributed by atoms with Crippen LogP contribution >= 0.6 is 0 Å². The normalized spacial score (nSPS) is 28.2. The summed E-state index contributed by atoms with van der Waals surface area (Å²) in [6, 6.07) is 0. The zero-order valence-corrected chi connectivity index (χ0v) is 9.05. The van der Waals surface area contributed by atoms with Crippen molar-refractivity contribution < 1.29 is 4.74 Å². The zero-order valence-electron chi connectivity index (χ0n) is 9.05. The number of nitrogens with two attached hydrogens (primary N) is 1. The molecule has 0 spiro atoms. The molecule has 0 amide bonds. The van der Waals surface area contributed by atoms with E-state index in [-0.39, 0.29) is 0 Å². The minimum atomic E-state index is 0.380. The van der Waals surface area contributed by atoms with E-state index in [9.17, 15) is 0 Å². The summed E-state index contributed by atoms with van der Waals surface area (Å²) in [5, 5.41) is 0. The first-order valence-electron chi connectivity index (χ1n) is 5.01. The van der Waals surface area contributed by atoms with Crippen LogP contribution in [0.2, 0.25) is 0 Å². The van der Waals surface area contributed by atoms with Crippen molar-refractivity contribution in [2.75, 3.05) is 39.9 Å². The van der Waals surface area contributed by atoms with Gasteiger partial charge in [-0.3, -0.25) is 0 Å². The lowest BCUT2D eigenvalue weighted by molar-refractivity contribution is 0.112. The van der Waals surface area contributed by atoms with E-state index in [0.29, 0.717) is 11.3 Å². The molecule has 1 atom stereocenters. The number of hydrogen-bond donors (Lipinski definition) is 1. The summed E-state index contributed by atoms with van der Waals surface area (Å²) in [7, 11) is 1.78. The quantitative estimate of drug-likeness (QED) is 0.697. The van der Waals surface area contributed by atoms with Crippen molar-refractivity contribution in [3.63, 3.8) is 0 Å². The van der Waals surface area contributed by atoms with E-state index in [4.69, 9.17) is 10.5 Å². The maximum atomic E-state index is 5.54. The van der Waals surface area contributed by atoms with Crippen molar-refractivity contribution in [1.29, 1.82) is 0 Å². The van der Waals surface area contributed by atoms with Crippen LogP contribution < -0.4 is 5.73 Å². The Bertz CT molecular complexity index is 159. The Morgan fingerprint density at radius 1 is 1.54 bits per heavy atom. The lowest BCUT2D eigenvalue weighted by Crippen LogP contribution is -2.28. The van der Waals surface area contributed by atoms with E-state index in [1.807, 2.05) is 0 Å². The second kappa shape index (κ2) is 4.40. The highest BCUT2D eigenvalue weighted by Crippen LogP contribution is 2.34. The monoisotopic (exact) mass is 186 g/mol. The first kappa shape index (κ1) is 11.0. The molecule has 0 aromatic carbocycles. The minimum Gasteiger partial charge on any atom is -0.384 e. The van der Waals surface area contributed by atoms with Crippen LogP contribution in [0.1, 0.15) is 13.8 Å². The predicted octanol–water partition coefficient (Wildman–Crippen LogP) is 0.550. The smallest absolute Gasteiger partial charge is 0.0508 e. The summed E-state index contributed by atoms with van der Waals surface area (Å²) >= 11 is 0. The molecule has 1 rings (SSSR count). The van der Waals surface area contributed by atoms with Crippen LogP contribution in [-0.4, -0.2) is 44.8 Å². The Balaban J connectivity index is 2.47. The fraction of sp³-hybridized carbons (Fsp3) is 1.00. The number of methoxy groups -OCH3 is 1. The molecule has 0 radical (unpaired) electrons. The van der Waals surface area contributed by atoms with Crippen molar-refractivity contribution in [1.82, 2.24) is 4.90 Å². The lowest BCUT2D eigenvalue weighted by atomic mass is 9.83. The third-order valence-corrected chi connectivity index (χ3v) is 3.03. The van der Waals surface area contributed by atoms with Gasteiger partial charge in [-0.2, -0.15) is 0 Å². The van der Waals surface area contributed by atoms with Gasteiger partial charge in [0.1, 0.15) is 0 Å². The van der Waals surface area contributed by atoms with Gasteiger partial charge in [-0.25, -0.2) is 0 Å². The Hall–Kier alpha value is -0.120. The SMILES string of the molecule is COC[C@H]1CN(CCN)CC1(C)C. The topological polar surface area (TPSA) is 38.5 Å². The molecule has 0 bridgehead atoms. The van der Waals surface area contributed by atoms with Crippen LogP contribution in [0.15, 0.2) is 0 Å². The van der Waals surface area contributed by atoms with E-state index in [0.717, 1.165) is 32.8 Å². The predicted molar refractivity (Wildman–Crippen MR) is 54.6 cm³/mol. The van der Waals surface area contributed by atoms with Crippen LogP contribution in [-0.2, 0) is 4.74 Å². The number of ether oxygens (including phenoxy) is 1. The highest BCUT2D eigenvalue weighted by molar-refractivity contribution is 4.90. The minimum absolute atomic E-state index is 0.380. The Morgan fingerprint density at radius 3 is 2.77 bits per heavy atom. The largest absolute Gasteiger partial charge is 0.384 e. The third-order valence-electron chi connectivity index (χ3n) is 3.03. The molecular formula is C10H22N2O. The summed E-state index contributed by atoms with van der Waals surface area (Å²) in [4.78, 5) is 2.43. The standard InChI is InChI=1S/C10H22N2O/c1-10(2)8-12(5-4-11)6-9(10)7-13-3/h9H,4-8,11H2,1-3H3/t9-/m1/s1. The summed E-state index contributed by atoms with van der Waals surface area (Å²) in [6.07, 6.45) is 0. The molecule has 78 valence electrons. The number of likely N-dealkylation sites (tertiary alicyclic amines) is 1. The van der Waals surface area contributed by atoms with Crippen molar-refractivity contribution in [2.24, 2.45) is 17.1 Å². The van der Waals surface area contributed by atoms with Crippen molar-refractivity contribution in [3.05, 3.63) is 0 Å². The maximum Gasteiger partial charge on any atom is 0.0508 e. The van der Waals surface area contributed by atoms with E-state index >= 15 is 0 Å². The molecule has 0 aromatic rings. The van der Waals surface area contributed by atoms with Crippen molar-refractivity contribution in [3.8, 4) is 0 Å². The van der Waals surface area contributed by atoms with Gasteiger partial charge in [-0.1, -0.05) is 13.8 Å². The third kappa shape index (κ3) is 2.66. The van der Waals surface area contributed by atoms with Gasteiger partial charge in [0.05, 0.1) is 6.61 Å². The van der Waals surface area contributed by atoms with Crippen LogP contribution in [0.5, 0.6) is 0 Å². The van der Waals surface area contributed by atoms with Gasteiger partial charge in [0.25, 0.3) is 0 Å². The number of nitrogens with zero attached hydrogens (tertiary/aromatic N) is 1. The van der Waals surface area contributed by atoms with E-state index in [1.54, 1.807) is 7.11 Å². The second-order valence-corrected chi connectivity index (χ2v) is 4.66. The molecule has 0 aliphatic carbocycles. The highest BCUT2D eigenvalue weighted by atomic mass is 16.5. The Labute approximate surface area is 81.2 Å². The molecule has 3 heteroatoms. The van der Waals surface area contributed by atoms with Crippen LogP contribution in [0, 0.1) is 11.3 Å². The molecule has 1 aliphatic rings. The lowest BCUT2D eigenvalue weighted by Gasteiger charge is -2.24. The van der Waals surface area contributed by atoms with Gasteiger partial charge in [-0.05, 0) is 5.41 Å². The molecule has 2 N–H and O–H groups in total. The summed E-state index contributed by atoms with van der Waals surface area (Å²) in [5.74, 6) is 0.657. The molecule has 0 aromatic heterocycles. The first-order valence-corrected chi connectivity index (χ1v) is 5.01. The molecule has 1 fully saturated rings. The van der Waals surface area contributed by atoms with Gasteiger partial charge in [0.15, 0.2) is 0 Å². The number of rotatable bonds is 4. The van der Waals surface area contributed by atoms with Gasteiger partial charge >= 0.3 is 0 Å². The van der Waals surface area contributed by atoms with E-state index in [2.05, 4.69) is 18.7 Å². The average molecular weight is 186 g/mol. The Morgan fingerprint density at radius 2 is 2.23 bits per heavy atom. The summed E-state index contributed by atoms with van der Waals surface area (Å²) < 4.78 is 5.23. The molecular weight excluding hydrogens is 164 g/mol. The van der Waals surface area contributed by atoms with E-state index < -0.39 is 0 Å². The highest BCUT2D eigenvalue weighted by Gasteiger charge is 2.38. The maximum absolute atomic E-state index is 5.54. The molecule has 3 nitrogen and oxygen atoms in total. The van der Waals surface area contributed by atoms with Gasteiger partial charge in [0.2, 0.25) is 0 Å². The average Bonchev–Trinajstić information content (AvgIpc) is 2.28. The Kier molecular flexibility index (Phi) is 3.71. The molecule has 0 unspecified atom stereocenters. The summed E-state index contributed by atoms with van der Waals surface area (Å²) in [6.45, 7) is 9.56. The second-order valence-electron chi connectivity index (χ2n) is 4.66. The van der Waals surface area contributed by atoms with Crippen LogP contribution in [0.3, 0.4) is 0 Å². The molecule has 1 heterocycles. The first-order chi connectivity index (χ1) is 6.10. The summed E-state index contributed by atoms with van der Waals surface area (Å²) in [5.41, 5.74) is 5.92. The van der Waals surface area contributed by atoms with Crippen molar-refractivity contribution in [2.45, 2.75) is 13.8 Å². The van der Waals surface area contributed by atoms with E-state index in [1.165, 1.54) is 0 Å². The number of hydrogen-bond acceptors (Lipinski definition) is 3. The van der Waals surface area contributed by atoms with Crippen molar-refractivity contribution >= 4 is 0 Å². The fourth-order valence-electron chi connectivity index (χ4n) is 2.16. The molecule has 0 saturated carbocycles. The van der Waals surface area contributed by atoms with Gasteiger partial charge in [0, 0.05) is 39.2 Å². The van der Waals surface area contributed by atoms with Gasteiger partial charge in [-0.15, -0.1) is 0 Å².